The number of nitrogens with two attached hydrogens (primary N) is 1. The molecule has 3 nitrogen and oxygen atoms in total. The maximum atomic E-state index is 5.94. The van der Waals surface area contributed by atoms with E-state index in [1.165, 1.54) is 25.7 Å². The van der Waals surface area contributed by atoms with Gasteiger partial charge in [-0.05, 0) is 45.2 Å². The van der Waals surface area contributed by atoms with Gasteiger partial charge in [-0.3, -0.25) is 4.90 Å². The lowest BCUT2D eigenvalue weighted by Gasteiger charge is -2.42. The molecule has 0 saturated heterocycles. The summed E-state index contributed by atoms with van der Waals surface area (Å²) in [6.07, 6.45) is 6.50. The Labute approximate surface area is 107 Å². The molecule has 3 atom stereocenters. The van der Waals surface area contributed by atoms with Crippen molar-refractivity contribution in [3.63, 3.8) is 0 Å². The Morgan fingerprint density at radius 3 is 2.65 bits per heavy atom. The molecule has 0 aromatic rings. The average Bonchev–Trinajstić information content (AvgIpc) is 2.37. The van der Waals surface area contributed by atoms with Gasteiger partial charge in [0, 0.05) is 25.8 Å². The molecule has 2 N–H and O–H groups in total. The summed E-state index contributed by atoms with van der Waals surface area (Å²) in [4.78, 5) is 2.65. The molecule has 0 aromatic carbocycles. The van der Waals surface area contributed by atoms with E-state index in [1.807, 2.05) is 0 Å². The molecule has 0 bridgehead atoms. The summed E-state index contributed by atoms with van der Waals surface area (Å²) in [5.74, 6) is 0.702. The van der Waals surface area contributed by atoms with Crippen molar-refractivity contribution in [2.24, 2.45) is 11.7 Å². The molecule has 1 aliphatic carbocycles. The Kier molecular flexibility index (Phi) is 7.09. The maximum absolute atomic E-state index is 5.94. The number of ether oxygens (including phenoxy) is 1. The fourth-order valence-corrected chi connectivity index (χ4v) is 3.23. The van der Waals surface area contributed by atoms with Crippen LogP contribution < -0.4 is 5.73 Å². The second-order valence-corrected chi connectivity index (χ2v) is 5.31. The SMILES string of the molecule is CCN(C(C)CCOC)C1CCCCC1CN. The third-order valence-electron chi connectivity index (χ3n) is 4.27. The summed E-state index contributed by atoms with van der Waals surface area (Å²) in [5.41, 5.74) is 5.94. The maximum Gasteiger partial charge on any atom is 0.0477 e. The van der Waals surface area contributed by atoms with Crippen molar-refractivity contribution in [1.82, 2.24) is 4.90 Å². The van der Waals surface area contributed by atoms with Crippen LogP contribution in [-0.2, 0) is 4.74 Å². The average molecular weight is 242 g/mol. The fraction of sp³-hybridized carbons (Fsp3) is 1.00. The van der Waals surface area contributed by atoms with Gasteiger partial charge >= 0.3 is 0 Å². The van der Waals surface area contributed by atoms with Gasteiger partial charge < -0.3 is 10.5 Å². The van der Waals surface area contributed by atoms with E-state index < -0.39 is 0 Å². The molecule has 1 rings (SSSR count). The molecule has 0 spiro atoms. The highest BCUT2D eigenvalue weighted by Crippen LogP contribution is 2.29. The van der Waals surface area contributed by atoms with Gasteiger partial charge in [0.25, 0.3) is 0 Å². The van der Waals surface area contributed by atoms with E-state index in [0.717, 1.165) is 26.1 Å². The first-order valence-electron chi connectivity index (χ1n) is 7.19. The van der Waals surface area contributed by atoms with Gasteiger partial charge in [-0.15, -0.1) is 0 Å². The first kappa shape index (κ1) is 14.9. The summed E-state index contributed by atoms with van der Waals surface area (Å²) in [6, 6.07) is 1.31. The molecular weight excluding hydrogens is 212 g/mol. The minimum atomic E-state index is 0.608. The predicted octanol–water partition coefficient (Wildman–Crippen LogP) is 2.25. The second kappa shape index (κ2) is 8.06. The van der Waals surface area contributed by atoms with E-state index >= 15 is 0 Å². The van der Waals surface area contributed by atoms with Crippen LogP contribution in [0.4, 0.5) is 0 Å². The van der Waals surface area contributed by atoms with E-state index in [2.05, 4.69) is 18.7 Å². The molecule has 3 unspecified atom stereocenters. The van der Waals surface area contributed by atoms with Gasteiger partial charge in [0.1, 0.15) is 0 Å². The lowest BCUT2D eigenvalue weighted by atomic mass is 9.83. The highest BCUT2D eigenvalue weighted by molar-refractivity contribution is 4.85. The summed E-state index contributed by atoms with van der Waals surface area (Å²) in [5, 5.41) is 0. The van der Waals surface area contributed by atoms with Crippen LogP contribution in [0.1, 0.15) is 46.0 Å². The minimum absolute atomic E-state index is 0.608. The number of rotatable bonds is 7. The quantitative estimate of drug-likeness (QED) is 0.744. The van der Waals surface area contributed by atoms with Crippen LogP contribution >= 0.6 is 0 Å². The Balaban J connectivity index is 2.56. The molecule has 17 heavy (non-hydrogen) atoms. The first-order chi connectivity index (χ1) is 8.24. The number of methoxy groups -OCH3 is 1. The van der Waals surface area contributed by atoms with Crippen LogP contribution in [0, 0.1) is 5.92 Å². The van der Waals surface area contributed by atoms with Crippen LogP contribution in [-0.4, -0.2) is 43.8 Å². The van der Waals surface area contributed by atoms with Crippen molar-refractivity contribution in [3.05, 3.63) is 0 Å². The van der Waals surface area contributed by atoms with Crippen molar-refractivity contribution in [3.8, 4) is 0 Å². The molecule has 1 fully saturated rings. The number of hydrogen-bond donors (Lipinski definition) is 1. The van der Waals surface area contributed by atoms with Crippen LogP contribution in [0.15, 0.2) is 0 Å². The highest BCUT2D eigenvalue weighted by Gasteiger charge is 2.30. The molecule has 0 aliphatic heterocycles. The smallest absolute Gasteiger partial charge is 0.0477 e. The third kappa shape index (κ3) is 4.23. The summed E-state index contributed by atoms with van der Waals surface area (Å²) in [7, 11) is 1.78. The minimum Gasteiger partial charge on any atom is -0.385 e. The fourth-order valence-electron chi connectivity index (χ4n) is 3.23. The van der Waals surface area contributed by atoms with Gasteiger partial charge in [-0.2, -0.15) is 0 Å². The van der Waals surface area contributed by atoms with Crippen molar-refractivity contribution in [2.75, 3.05) is 26.8 Å². The normalized spacial score (nSPS) is 27.4. The van der Waals surface area contributed by atoms with E-state index in [0.29, 0.717) is 18.0 Å². The zero-order valence-corrected chi connectivity index (χ0v) is 11.8. The topological polar surface area (TPSA) is 38.5 Å². The Hall–Kier alpha value is -0.120. The molecule has 0 amide bonds. The number of hydrogen-bond acceptors (Lipinski definition) is 3. The second-order valence-electron chi connectivity index (χ2n) is 5.31. The largest absolute Gasteiger partial charge is 0.385 e. The van der Waals surface area contributed by atoms with E-state index in [9.17, 15) is 0 Å². The molecule has 0 aromatic heterocycles. The molecule has 1 aliphatic rings. The third-order valence-corrected chi connectivity index (χ3v) is 4.27. The molecule has 102 valence electrons. The molecule has 0 radical (unpaired) electrons. The predicted molar refractivity (Wildman–Crippen MR) is 73.1 cm³/mol. The summed E-state index contributed by atoms with van der Waals surface area (Å²) >= 11 is 0. The lowest BCUT2D eigenvalue weighted by Crippen LogP contribution is -2.49. The first-order valence-corrected chi connectivity index (χ1v) is 7.19. The van der Waals surface area contributed by atoms with E-state index in [-0.39, 0.29) is 0 Å². The molecule has 0 heterocycles. The van der Waals surface area contributed by atoms with Crippen molar-refractivity contribution >= 4 is 0 Å². The van der Waals surface area contributed by atoms with Gasteiger partial charge in [0.15, 0.2) is 0 Å². The molecule has 1 saturated carbocycles. The van der Waals surface area contributed by atoms with Crippen LogP contribution in [0.25, 0.3) is 0 Å². The van der Waals surface area contributed by atoms with Gasteiger partial charge in [0.05, 0.1) is 0 Å². The van der Waals surface area contributed by atoms with Gasteiger partial charge in [0.2, 0.25) is 0 Å². The van der Waals surface area contributed by atoms with Crippen molar-refractivity contribution in [1.29, 1.82) is 0 Å². The van der Waals surface area contributed by atoms with Crippen LogP contribution in [0.3, 0.4) is 0 Å². The van der Waals surface area contributed by atoms with E-state index in [4.69, 9.17) is 10.5 Å². The van der Waals surface area contributed by atoms with Crippen LogP contribution in [0.5, 0.6) is 0 Å². The van der Waals surface area contributed by atoms with Gasteiger partial charge in [-0.1, -0.05) is 19.8 Å². The van der Waals surface area contributed by atoms with Crippen molar-refractivity contribution < 1.29 is 4.74 Å². The van der Waals surface area contributed by atoms with Gasteiger partial charge in [-0.25, -0.2) is 0 Å². The van der Waals surface area contributed by atoms with E-state index in [1.54, 1.807) is 7.11 Å². The molecular formula is C14H30N2O. The summed E-state index contributed by atoms with van der Waals surface area (Å²) in [6.45, 7) is 7.43. The summed E-state index contributed by atoms with van der Waals surface area (Å²) < 4.78 is 5.20. The highest BCUT2D eigenvalue weighted by atomic mass is 16.5. The van der Waals surface area contributed by atoms with Crippen molar-refractivity contribution in [2.45, 2.75) is 58.0 Å². The lowest BCUT2D eigenvalue weighted by molar-refractivity contribution is 0.0599. The zero-order chi connectivity index (χ0) is 12.7. The van der Waals surface area contributed by atoms with Crippen LogP contribution in [0.2, 0.25) is 0 Å². The molecule has 3 heteroatoms. The zero-order valence-electron chi connectivity index (χ0n) is 11.8. The Morgan fingerprint density at radius 1 is 1.35 bits per heavy atom. The Morgan fingerprint density at radius 2 is 2.06 bits per heavy atom. The standard InChI is InChI=1S/C14H30N2O/c1-4-16(12(2)9-10-17-3)14-8-6-5-7-13(14)11-15/h12-14H,4-11,15H2,1-3H3. The monoisotopic (exact) mass is 242 g/mol. The number of nitrogens with zero attached hydrogens (tertiary/aromatic N) is 1. The Bertz CT molecular complexity index is 199.